The Hall–Kier alpha value is -2.76. The van der Waals surface area contributed by atoms with Crippen molar-refractivity contribution in [2.45, 2.75) is 6.54 Å². The Kier molecular flexibility index (Phi) is 4.09. The van der Waals surface area contributed by atoms with Crippen LogP contribution < -0.4 is 19.5 Å². The van der Waals surface area contributed by atoms with E-state index in [9.17, 15) is 9.18 Å². The van der Waals surface area contributed by atoms with Gasteiger partial charge in [-0.15, -0.1) is 0 Å². The number of carbonyl (C=O) groups is 1. The van der Waals surface area contributed by atoms with Gasteiger partial charge in [0, 0.05) is 6.54 Å². The number of amides is 1. The molecule has 0 spiro atoms. The van der Waals surface area contributed by atoms with Crippen molar-refractivity contribution < 1.29 is 23.4 Å². The molecule has 114 valence electrons. The second-order valence-electron chi connectivity index (χ2n) is 4.68. The summed E-state index contributed by atoms with van der Waals surface area (Å²) in [6.45, 7) is 0.295. The van der Waals surface area contributed by atoms with Gasteiger partial charge in [0.1, 0.15) is 0 Å². The predicted octanol–water partition coefficient (Wildman–Crippen LogP) is 2.25. The van der Waals surface area contributed by atoms with E-state index in [1.807, 2.05) is 6.07 Å². The van der Waals surface area contributed by atoms with Gasteiger partial charge in [0.05, 0.1) is 0 Å². The van der Waals surface area contributed by atoms with Gasteiger partial charge in [-0.1, -0.05) is 18.2 Å². The van der Waals surface area contributed by atoms with Crippen molar-refractivity contribution >= 4 is 5.91 Å². The van der Waals surface area contributed by atoms with Crippen LogP contribution in [0.1, 0.15) is 5.56 Å². The molecule has 0 bridgehead atoms. The Morgan fingerprint density at radius 2 is 2.00 bits per heavy atom. The molecule has 22 heavy (non-hydrogen) atoms. The second-order valence-corrected chi connectivity index (χ2v) is 4.68. The number of ether oxygens (including phenoxy) is 3. The van der Waals surface area contributed by atoms with E-state index in [4.69, 9.17) is 14.2 Å². The summed E-state index contributed by atoms with van der Waals surface area (Å²) in [7, 11) is 0. The predicted molar refractivity (Wildman–Crippen MR) is 76.3 cm³/mol. The summed E-state index contributed by atoms with van der Waals surface area (Å²) in [6.07, 6.45) is 0. The summed E-state index contributed by atoms with van der Waals surface area (Å²) in [5.41, 5.74) is 0.878. The first-order valence-electron chi connectivity index (χ1n) is 6.75. The van der Waals surface area contributed by atoms with Gasteiger partial charge in [0.25, 0.3) is 5.91 Å². The lowest BCUT2D eigenvalue weighted by molar-refractivity contribution is -0.123. The number of benzene rings is 2. The van der Waals surface area contributed by atoms with Gasteiger partial charge < -0.3 is 19.5 Å². The molecule has 0 aliphatic carbocycles. The molecule has 1 amide bonds. The van der Waals surface area contributed by atoms with Crippen molar-refractivity contribution in [3.8, 4) is 17.2 Å². The van der Waals surface area contributed by atoms with Crippen LogP contribution in [0, 0.1) is 5.82 Å². The molecule has 0 saturated heterocycles. The first kappa shape index (κ1) is 14.2. The lowest BCUT2D eigenvalue weighted by Crippen LogP contribution is -2.28. The van der Waals surface area contributed by atoms with Crippen molar-refractivity contribution in [3.63, 3.8) is 0 Å². The summed E-state index contributed by atoms with van der Waals surface area (Å²) >= 11 is 0. The molecule has 2 aromatic carbocycles. The molecule has 0 unspecified atom stereocenters. The van der Waals surface area contributed by atoms with Crippen LogP contribution in [0.5, 0.6) is 17.2 Å². The Labute approximate surface area is 126 Å². The highest BCUT2D eigenvalue weighted by Gasteiger charge is 2.13. The number of nitrogens with one attached hydrogen (secondary N) is 1. The molecule has 0 saturated carbocycles. The number of hydrogen-bond acceptors (Lipinski definition) is 4. The fourth-order valence-electron chi connectivity index (χ4n) is 2.01. The van der Waals surface area contributed by atoms with Crippen LogP contribution in [-0.2, 0) is 11.3 Å². The molecular formula is C16H14FNO4. The van der Waals surface area contributed by atoms with Crippen LogP contribution in [0.3, 0.4) is 0 Å². The Morgan fingerprint density at radius 1 is 1.18 bits per heavy atom. The maximum absolute atomic E-state index is 13.3. The second kappa shape index (κ2) is 6.34. The number of hydrogen-bond donors (Lipinski definition) is 1. The minimum atomic E-state index is -0.494. The first-order valence-corrected chi connectivity index (χ1v) is 6.75. The first-order chi connectivity index (χ1) is 10.7. The van der Waals surface area contributed by atoms with Gasteiger partial charge in [-0.3, -0.25) is 4.79 Å². The highest BCUT2D eigenvalue weighted by molar-refractivity contribution is 5.77. The third kappa shape index (κ3) is 3.28. The van der Waals surface area contributed by atoms with E-state index in [2.05, 4.69) is 5.32 Å². The van der Waals surface area contributed by atoms with Crippen molar-refractivity contribution in [3.05, 3.63) is 53.8 Å². The number of halogens is 1. The van der Waals surface area contributed by atoms with Crippen LogP contribution in [-0.4, -0.2) is 19.3 Å². The minimum Gasteiger partial charge on any atom is -0.481 e. The van der Waals surface area contributed by atoms with E-state index < -0.39 is 5.82 Å². The molecule has 1 aliphatic rings. The van der Waals surface area contributed by atoms with Crippen molar-refractivity contribution in [1.82, 2.24) is 5.32 Å². The SMILES string of the molecule is O=C(COc1ccccc1F)NCc1ccc2c(c1)OCO2. The molecular weight excluding hydrogens is 289 g/mol. The fourth-order valence-corrected chi connectivity index (χ4v) is 2.01. The molecule has 3 rings (SSSR count). The summed E-state index contributed by atoms with van der Waals surface area (Å²) in [5, 5.41) is 2.70. The van der Waals surface area contributed by atoms with Gasteiger partial charge in [-0.05, 0) is 29.8 Å². The zero-order valence-corrected chi connectivity index (χ0v) is 11.7. The van der Waals surface area contributed by atoms with Crippen molar-refractivity contribution in [2.24, 2.45) is 0 Å². The van der Waals surface area contributed by atoms with Crippen molar-refractivity contribution in [1.29, 1.82) is 0 Å². The molecule has 1 N–H and O–H groups in total. The standard InChI is InChI=1S/C16H14FNO4/c17-12-3-1-2-4-13(12)20-9-16(19)18-8-11-5-6-14-15(7-11)22-10-21-14/h1-7H,8-10H2,(H,18,19). The van der Waals surface area contributed by atoms with Gasteiger partial charge >= 0.3 is 0 Å². The van der Waals surface area contributed by atoms with Crippen LogP contribution in [0.2, 0.25) is 0 Å². The van der Waals surface area contributed by atoms with Crippen LogP contribution in [0.15, 0.2) is 42.5 Å². The molecule has 1 aliphatic heterocycles. The van der Waals surface area contributed by atoms with E-state index >= 15 is 0 Å². The zero-order valence-electron chi connectivity index (χ0n) is 11.7. The summed E-state index contributed by atoms with van der Waals surface area (Å²) < 4.78 is 28.9. The number of para-hydroxylation sites is 1. The van der Waals surface area contributed by atoms with Crippen LogP contribution >= 0.6 is 0 Å². The zero-order chi connectivity index (χ0) is 15.4. The lowest BCUT2D eigenvalue weighted by Gasteiger charge is -2.08. The van der Waals surface area contributed by atoms with E-state index in [0.717, 1.165) is 5.56 Å². The monoisotopic (exact) mass is 303 g/mol. The minimum absolute atomic E-state index is 0.0562. The Balaban J connectivity index is 1.49. The fraction of sp³-hybridized carbons (Fsp3) is 0.188. The van der Waals surface area contributed by atoms with Gasteiger partial charge in [0.2, 0.25) is 6.79 Å². The maximum Gasteiger partial charge on any atom is 0.258 e. The Bertz CT molecular complexity index is 690. The number of carbonyl (C=O) groups excluding carboxylic acids is 1. The molecule has 2 aromatic rings. The maximum atomic E-state index is 13.3. The van der Waals surface area contributed by atoms with Gasteiger partial charge in [-0.2, -0.15) is 0 Å². The highest BCUT2D eigenvalue weighted by Crippen LogP contribution is 2.32. The smallest absolute Gasteiger partial charge is 0.258 e. The molecule has 0 fully saturated rings. The molecule has 0 radical (unpaired) electrons. The Morgan fingerprint density at radius 3 is 2.86 bits per heavy atom. The lowest BCUT2D eigenvalue weighted by atomic mass is 10.2. The number of rotatable bonds is 5. The third-order valence-electron chi connectivity index (χ3n) is 3.12. The molecule has 5 nitrogen and oxygen atoms in total. The molecule has 0 aromatic heterocycles. The number of fused-ring (bicyclic) bond motifs is 1. The largest absolute Gasteiger partial charge is 0.481 e. The highest BCUT2D eigenvalue weighted by atomic mass is 19.1. The molecule has 1 heterocycles. The van der Waals surface area contributed by atoms with Crippen molar-refractivity contribution in [2.75, 3.05) is 13.4 Å². The molecule has 0 atom stereocenters. The van der Waals surface area contributed by atoms with E-state index in [0.29, 0.717) is 18.0 Å². The van der Waals surface area contributed by atoms with E-state index in [1.165, 1.54) is 12.1 Å². The molecule has 6 heteroatoms. The quantitative estimate of drug-likeness (QED) is 0.920. The summed E-state index contributed by atoms with van der Waals surface area (Å²) in [5.74, 6) is 0.583. The van der Waals surface area contributed by atoms with Gasteiger partial charge in [-0.25, -0.2) is 4.39 Å². The summed E-state index contributed by atoms with van der Waals surface area (Å²) in [6, 6.07) is 11.4. The van der Waals surface area contributed by atoms with Crippen LogP contribution in [0.4, 0.5) is 4.39 Å². The van der Waals surface area contributed by atoms with E-state index in [1.54, 1.807) is 24.3 Å². The van der Waals surface area contributed by atoms with E-state index in [-0.39, 0.29) is 25.1 Å². The average Bonchev–Trinajstić information content (AvgIpc) is 2.99. The normalized spacial score (nSPS) is 12.0. The third-order valence-corrected chi connectivity index (χ3v) is 3.12. The van der Waals surface area contributed by atoms with Gasteiger partial charge in [0.15, 0.2) is 29.7 Å². The van der Waals surface area contributed by atoms with Crippen LogP contribution in [0.25, 0.3) is 0 Å². The summed E-state index contributed by atoms with van der Waals surface area (Å²) in [4.78, 5) is 11.7. The average molecular weight is 303 g/mol. The topological polar surface area (TPSA) is 56.8 Å².